The smallest absolute Gasteiger partial charge is 0.267 e. The second-order valence-electron chi connectivity index (χ2n) is 5.83. The molecule has 21 heavy (non-hydrogen) atoms. The molecule has 1 aromatic heterocycles. The van der Waals surface area contributed by atoms with E-state index in [-0.39, 0.29) is 12.0 Å². The molecule has 2 rings (SSSR count). The molecule has 1 saturated heterocycles. The summed E-state index contributed by atoms with van der Waals surface area (Å²) < 4.78 is 5.56. The highest BCUT2D eigenvalue weighted by Crippen LogP contribution is 2.26. The van der Waals surface area contributed by atoms with E-state index < -0.39 is 0 Å². The fourth-order valence-electron chi connectivity index (χ4n) is 2.20. The maximum atomic E-state index is 12.4. The zero-order valence-electron chi connectivity index (χ0n) is 12.9. The van der Waals surface area contributed by atoms with Crippen LogP contribution in [0.4, 0.5) is 10.9 Å². The minimum absolute atomic E-state index is 0.0851. The molecule has 1 fully saturated rings. The highest BCUT2D eigenvalue weighted by molar-refractivity contribution is 7.18. The van der Waals surface area contributed by atoms with E-state index in [4.69, 9.17) is 10.5 Å². The van der Waals surface area contributed by atoms with E-state index in [1.807, 2.05) is 0 Å². The van der Waals surface area contributed by atoms with Gasteiger partial charge >= 0.3 is 0 Å². The summed E-state index contributed by atoms with van der Waals surface area (Å²) in [5, 5.41) is 3.91. The zero-order chi connectivity index (χ0) is 15.4. The number of hydrogen-bond acceptors (Lipinski definition) is 6. The number of amides is 1. The van der Waals surface area contributed by atoms with Gasteiger partial charge < -0.3 is 20.7 Å². The van der Waals surface area contributed by atoms with Crippen LogP contribution in [0.3, 0.4) is 0 Å². The number of anilines is 2. The molecule has 0 aliphatic carbocycles. The number of aromatic nitrogens is 1. The third-order valence-corrected chi connectivity index (χ3v) is 4.37. The molecular weight excluding hydrogens is 288 g/mol. The van der Waals surface area contributed by atoms with E-state index in [1.54, 1.807) is 11.9 Å². The molecule has 0 spiro atoms. The Morgan fingerprint density at radius 1 is 1.62 bits per heavy atom. The van der Waals surface area contributed by atoms with Crippen LogP contribution in [0, 0.1) is 5.92 Å². The number of carbonyl (C=O) groups is 1. The summed E-state index contributed by atoms with van der Waals surface area (Å²) in [5.41, 5.74) is 5.88. The highest BCUT2D eigenvalue weighted by Gasteiger charge is 2.24. The first-order chi connectivity index (χ1) is 9.97. The Bertz CT molecular complexity index is 483. The first-order valence-electron chi connectivity index (χ1n) is 7.34. The summed E-state index contributed by atoms with van der Waals surface area (Å²) in [7, 11) is 1.78. The number of nitrogens with zero attached hydrogens (tertiary/aromatic N) is 2. The third kappa shape index (κ3) is 4.31. The number of nitrogens with two attached hydrogens (primary N) is 1. The van der Waals surface area contributed by atoms with Gasteiger partial charge in [-0.15, -0.1) is 0 Å². The Morgan fingerprint density at radius 3 is 3.00 bits per heavy atom. The maximum Gasteiger partial charge on any atom is 0.267 e. The molecule has 3 N–H and O–H groups in total. The number of nitrogen functional groups attached to an aromatic ring is 1. The molecule has 2 heterocycles. The van der Waals surface area contributed by atoms with E-state index >= 15 is 0 Å². The van der Waals surface area contributed by atoms with E-state index in [2.05, 4.69) is 24.1 Å². The topological polar surface area (TPSA) is 80.5 Å². The minimum atomic E-state index is -0.0851. The van der Waals surface area contributed by atoms with Gasteiger partial charge in [-0.1, -0.05) is 25.2 Å². The number of ether oxygens (including phenoxy) is 1. The molecule has 1 aliphatic rings. The fraction of sp³-hybridized carbons (Fsp3) is 0.714. The van der Waals surface area contributed by atoms with Crippen molar-refractivity contribution in [3.05, 3.63) is 4.88 Å². The Hall–Kier alpha value is -1.34. The van der Waals surface area contributed by atoms with Crippen LogP contribution in [0.25, 0.3) is 0 Å². The lowest BCUT2D eigenvalue weighted by Gasteiger charge is -2.20. The summed E-state index contributed by atoms with van der Waals surface area (Å²) in [4.78, 5) is 18.8. The first-order valence-corrected chi connectivity index (χ1v) is 8.16. The Balaban J connectivity index is 1.97. The van der Waals surface area contributed by atoms with E-state index in [0.717, 1.165) is 26.0 Å². The lowest BCUT2D eigenvalue weighted by molar-refractivity contribution is 0.0591. The predicted molar refractivity (Wildman–Crippen MR) is 85.8 cm³/mol. The Labute approximate surface area is 129 Å². The van der Waals surface area contributed by atoms with Crippen LogP contribution in [0.15, 0.2) is 0 Å². The molecule has 6 nitrogen and oxygen atoms in total. The van der Waals surface area contributed by atoms with Crippen molar-refractivity contribution in [3.63, 3.8) is 0 Å². The predicted octanol–water partition coefficient (Wildman–Crippen LogP) is 2.04. The van der Waals surface area contributed by atoms with Crippen LogP contribution in [0.1, 0.15) is 36.4 Å². The molecule has 0 radical (unpaired) electrons. The number of rotatable bonds is 6. The SMILES string of the molecule is CC(C)CNc1nc(N)c(C(=O)N(C)CC2CCCO2)s1. The quantitative estimate of drug-likeness (QED) is 0.840. The van der Waals surface area contributed by atoms with Crippen molar-refractivity contribution in [1.29, 1.82) is 0 Å². The molecule has 1 amide bonds. The third-order valence-electron chi connectivity index (χ3n) is 3.36. The zero-order valence-corrected chi connectivity index (χ0v) is 13.7. The van der Waals surface area contributed by atoms with Crippen molar-refractivity contribution < 1.29 is 9.53 Å². The Kier molecular flexibility index (Phi) is 5.41. The number of thiazole rings is 1. The standard InChI is InChI=1S/C14H24N4O2S/c1-9(2)7-16-14-17-12(15)11(21-14)13(19)18(3)8-10-5-4-6-20-10/h9-10H,4-8,15H2,1-3H3,(H,16,17). The molecule has 1 aliphatic heterocycles. The van der Waals surface area contributed by atoms with Gasteiger partial charge in [-0.05, 0) is 18.8 Å². The molecule has 0 saturated carbocycles. The van der Waals surface area contributed by atoms with Gasteiger partial charge in [0.25, 0.3) is 5.91 Å². The second kappa shape index (κ2) is 7.09. The second-order valence-corrected chi connectivity index (χ2v) is 6.83. The maximum absolute atomic E-state index is 12.4. The number of nitrogens with one attached hydrogen (secondary N) is 1. The molecular formula is C14H24N4O2S. The monoisotopic (exact) mass is 312 g/mol. The average molecular weight is 312 g/mol. The summed E-state index contributed by atoms with van der Waals surface area (Å²) in [6.45, 7) is 6.44. The van der Waals surface area contributed by atoms with Gasteiger partial charge in [-0.3, -0.25) is 4.79 Å². The van der Waals surface area contributed by atoms with Crippen molar-refractivity contribution >= 4 is 28.2 Å². The van der Waals surface area contributed by atoms with Crippen LogP contribution in [-0.2, 0) is 4.74 Å². The Morgan fingerprint density at radius 2 is 2.38 bits per heavy atom. The van der Waals surface area contributed by atoms with E-state index in [1.165, 1.54) is 11.3 Å². The highest BCUT2D eigenvalue weighted by atomic mass is 32.1. The molecule has 7 heteroatoms. The molecule has 0 aromatic carbocycles. The lowest BCUT2D eigenvalue weighted by Crippen LogP contribution is -2.34. The molecule has 1 unspecified atom stereocenters. The van der Waals surface area contributed by atoms with Crippen LogP contribution in [0.5, 0.6) is 0 Å². The van der Waals surface area contributed by atoms with Gasteiger partial charge in [0, 0.05) is 26.7 Å². The summed E-state index contributed by atoms with van der Waals surface area (Å²) >= 11 is 1.32. The van der Waals surface area contributed by atoms with Gasteiger partial charge in [0.1, 0.15) is 10.7 Å². The first kappa shape index (κ1) is 16.0. The molecule has 1 atom stereocenters. The minimum Gasteiger partial charge on any atom is -0.382 e. The van der Waals surface area contributed by atoms with Crippen molar-refractivity contribution in [2.24, 2.45) is 5.92 Å². The van der Waals surface area contributed by atoms with Crippen LogP contribution in [-0.4, -0.2) is 48.6 Å². The van der Waals surface area contributed by atoms with Crippen molar-refractivity contribution in [2.45, 2.75) is 32.8 Å². The van der Waals surface area contributed by atoms with Crippen LogP contribution in [0.2, 0.25) is 0 Å². The number of carbonyl (C=O) groups excluding carboxylic acids is 1. The summed E-state index contributed by atoms with van der Waals surface area (Å²) in [6.07, 6.45) is 2.22. The number of likely N-dealkylation sites (N-methyl/N-ethyl adjacent to an activating group) is 1. The molecule has 118 valence electrons. The largest absolute Gasteiger partial charge is 0.382 e. The lowest BCUT2D eigenvalue weighted by atomic mass is 10.2. The van der Waals surface area contributed by atoms with Crippen LogP contribution < -0.4 is 11.1 Å². The van der Waals surface area contributed by atoms with Crippen molar-refractivity contribution in [3.8, 4) is 0 Å². The summed E-state index contributed by atoms with van der Waals surface area (Å²) in [5.74, 6) is 0.727. The van der Waals surface area contributed by atoms with Crippen LogP contribution >= 0.6 is 11.3 Å². The molecule has 0 bridgehead atoms. The number of hydrogen-bond donors (Lipinski definition) is 2. The fourth-order valence-corrected chi connectivity index (χ4v) is 3.09. The van der Waals surface area contributed by atoms with Gasteiger partial charge in [-0.25, -0.2) is 4.98 Å². The van der Waals surface area contributed by atoms with E-state index in [9.17, 15) is 4.79 Å². The normalized spacial score (nSPS) is 18.2. The summed E-state index contributed by atoms with van der Waals surface area (Å²) in [6, 6.07) is 0. The molecule has 1 aromatic rings. The van der Waals surface area contributed by atoms with Gasteiger partial charge in [0.15, 0.2) is 5.13 Å². The van der Waals surface area contributed by atoms with Gasteiger partial charge in [0.2, 0.25) is 0 Å². The van der Waals surface area contributed by atoms with Gasteiger partial charge in [0.05, 0.1) is 6.10 Å². The van der Waals surface area contributed by atoms with E-state index in [0.29, 0.717) is 28.3 Å². The van der Waals surface area contributed by atoms with Crippen molar-refractivity contribution in [2.75, 3.05) is 37.8 Å². The average Bonchev–Trinajstić information content (AvgIpc) is 3.05. The van der Waals surface area contributed by atoms with Gasteiger partial charge in [-0.2, -0.15) is 0 Å². The van der Waals surface area contributed by atoms with Crippen molar-refractivity contribution in [1.82, 2.24) is 9.88 Å².